The van der Waals surface area contributed by atoms with Crippen LogP contribution in [0.5, 0.6) is 0 Å². The van der Waals surface area contributed by atoms with Gasteiger partial charge in [0.15, 0.2) is 0 Å². The number of terminal acetylenes is 1. The fraction of sp³-hybridized carbons (Fsp3) is 0.263. The van der Waals surface area contributed by atoms with Crippen molar-refractivity contribution in [3.63, 3.8) is 0 Å². The van der Waals surface area contributed by atoms with Crippen molar-refractivity contribution in [3.05, 3.63) is 59.9 Å². The van der Waals surface area contributed by atoms with Crippen molar-refractivity contribution in [1.29, 1.82) is 0 Å². The third-order valence-electron chi connectivity index (χ3n) is 3.64. The summed E-state index contributed by atoms with van der Waals surface area (Å²) in [5.41, 5.74) is 2.46. The van der Waals surface area contributed by atoms with Crippen LogP contribution in [0.25, 0.3) is 0 Å². The Kier molecular flexibility index (Phi) is 5.32. The number of hydrogen-bond acceptors (Lipinski definition) is 2. The highest BCUT2D eigenvalue weighted by molar-refractivity contribution is 6.04. The lowest BCUT2D eigenvalue weighted by Gasteiger charge is -2.19. The number of hydrogen-bond donors (Lipinski definition) is 1. The van der Waals surface area contributed by atoms with Crippen LogP contribution >= 0.6 is 0 Å². The predicted molar refractivity (Wildman–Crippen MR) is 89.7 cm³/mol. The molecule has 22 heavy (non-hydrogen) atoms. The van der Waals surface area contributed by atoms with Gasteiger partial charge in [0, 0.05) is 24.5 Å². The van der Waals surface area contributed by atoms with E-state index in [2.05, 4.69) is 36.1 Å². The Hall–Kier alpha value is -2.60. The summed E-state index contributed by atoms with van der Waals surface area (Å²) in [7, 11) is 0. The quantitative estimate of drug-likeness (QED) is 0.843. The van der Waals surface area contributed by atoms with Crippen LogP contribution < -0.4 is 5.32 Å². The van der Waals surface area contributed by atoms with E-state index < -0.39 is 0 Å². The van der Waals surface area contributed by atoms with Gasteiger partial charge in [-0.15, -0.1) is 12.3 Å². The minimum atomic E-state index is -0.164. The van der Waals surface area contributed by atoms with Gasteiger partial charge in [0.25, 0.3) is 5.91 Å². The fourth-order valence-electron chi connectivity index (χ4n) is 2.41. The molecule has 1 amide bonds. The first-order chi connectivity index (χ1) is 10.6. The van der Waals surface area contributed by atoms with E-state index in [-0.39, 0.29) is 5.91 Å². The lowest BCUT2D eigenvalue weighted by molar-refractivity contribution is 0.102. The van der Waals surface area contributed by atoms with E-state index in [0.717, 1.165) is 11.3 Å². The molecule has 1 heterocycles. The van der Waals surface area contributed by atoms with E-state index in [1.165, 1.54) is 0 Å². The zero-order chi connectivity index (χ0) is 15.9. The van der Waals surface area contributed by atoms with Gasteiger partial charge in [0.1, 0.15) is 0 Å². The largest absolute Gasteiger partial charge is 0.322 e. The maximum absolute atomic E-state index is 12.2. The third-order valence-corrected chi connectivity index (χ3v) is 3.64. The van der Waals surface area contributed by atoms with Crippen molar-refractivity contribution in [2.24, 2.45) is 5.92 Å². The number of rotatable bonds is 5. The number of aromatic nitrogens is 1. The topological polar surface area (TPSA) is 42.0 Å². The summed E-state index contributed by atoms with van der Waals surface area (Å²) in [5, 5.41) is 2.90. The van der Waals surface area contributed by atoms with Gasteiger partial charge in [0.05, 0.1) is 5.56 Å². The normalized spacial score (nSPS) is 11.7. The average molecular weight is 292 g/mol. The number of nitrogens with zero attached hydrogens (tertiary/aromatic N) is 1. The van der Waals surface area contributed by atoms with E-state index in [9.17, 15) is 4.79 Å². The Morgan fingerprint density at radius 1 is 1.32 bits per heavy atom. The van der Waals surface area contributed by atoms with Crippen molar-refractivity contribution in [1.82, 2.24) is 4.98 Å². The van der Waals surface area contributed by atoms with Crippen LogP contribution in [-0.4, -0.2) is 10.9 Å². The molecule has 0 aliphatic heterocycles. The Morgan fingerprint density at radius 3 is 2.77 bits per heavy atom. The monoisotopic (exact) mass is 292 g/mol. The molecule has 0 saturated heterocycles. The molecule has 0 aliphatic carbocycles. The molecule has 3 nitrogen and oxygen atoms in total. The minimum absolute atomic E-state index is 0.164. The number of anilines is 1. The van der Waals surface area contributed by atoms with E-state index >= 15 is 0 Å². The summed E-state index contributed by atoms with van der Waals surface area (Å²) in [6.45, 7) is 4.31. The number of benzene rings is 1. The number of nitrogens with one attached hydrogen (secondary N) is 1. The summed E-state index contributed by atoms with van der Waals surface area (Å²) < 4.78 is 0. The molecular weight excluding hydrogens is 272 g/mol. The maximum Gasteiger partial charge on any atom is 0.257 e. The van der Waals surface area contributed by atoms with Crippen molar-refractivity contribution >= 4 is 11.6 Å². The van der Waals surface area contributed by atoms with E-state index in [0.29, 0.717) is 23.8 Å². The number of amides is 1. The van der Waals surface area contributed by atoms with Crippen molar-refractivity contribution in [3.8, 4) is 12.3 Å². The Morgan fingerprint density at radius 2 is 2.14 bits per heavy atom. The average Bonchev–Trinajstić information content (AvgIpc) is 2.53. The second-order valence-electron chi connectivity index (χ2n) is 5.58. The molecule has 112 valence electrons. The van der Waals surface area contributed by atoms with Crippen LogP contribution in [0, 0.1) is 18.3 Å². The highest BCUT2D eigenvalue weighted by Crippen LogP contribution is 2.29. The molecule has 0 bridgehead atoms. The van der Waals surface area contributed by atoms with Gasteiger partial charge in [0.2, 0.25) is 0 Å². The van der Waals surface area contributed by atoms with Crippen LogP contribution in [0.4, 0.5) is 5.69 Å². The van der Waals surface area contributed by atoms with Crippen molar-refractivity contribution < 1.29 is 4.79 Å². The SMILES string of the molecule is C#CCC(c1cccc(NC(=O)c2cccnc2)c1)C(C)C. The Labute approximate surface area is 131 Å². The van der Waals surface area contributed by atoms with Gasteiger partial charge in [-0.25, -0.2) is 0 Å². The molecule has 1 N–H and O–H groups in total. The van der Waals surface area contributed by atoms with E-state index in [1.807, 2.05) is 18.2 Å². The summed E-state index contributed by atoms with van der Waals surface area (Å²) in [5.74, 6) is 3.31. The van der Waals surface area contributed by atoms with Gasteiger partial charge in [-0.2, -0.15) is 0 Å². The zero-order valence-corrected chi connectivity index (χ0v) is 12.9. The highest BCUT2D eigenvalue weighted by atomic mass is 16.1. The van der Waals surface area contributed by atoms with Gasteiger partial charge in [-0.1, -0.05) is 26.0 Å². The molecule has 1 aromatic carbocycles. The highest BCUT2D eigenvalue weighted by Gasteiger charge is 2.15. The molecule has 3 heteroatoms. The lowest BCUT2D eigenvalue weighted by atomic mass is 9.86. The lowest BCUT2D eigenvalue weighted by Crippen LogP contribution is -2.13. The Balaban J connectivity index is 2.18. The van der Waals surface area contributed by atoms with Crippen LogP contribution in [-0.2, 0) is 0 Å². The van der Waals surface area contributed by atoms with E-state index in [4.69, 9.17) is 6.42 Å². The first-order valence-corrected chi connectivity index (χ1v) is 7.36. The fourth-order valence-corrected chi connectivity index (χ4v) is 2.41. The first-order valence-electron chi connectivity index (χ1n) is 7.36. The minimum Gasteiger partial charge on any atom is -0.322 e. The Bertz CT molecular complexity index is 671. The standard InChI is InChI=1S/C19H20N2O/c1-4-7-18(14(2)3)15-8-5-10-17(12-15)21-19(22)16-9-6-11-20-13-16/h1,5-6,8-14,18H,7H2,2-3H3,(H,21,22). The first kappa shape index (κ1) is 15.8. The van der Waals surface area contributed by atoms with E-state index in [1.54, 1.807) is 24.5 Å². The molecule has 1 atom stereocenters. The maximum atomic E-state index is 12.2. The van der Waals surface area contributed by atoms with Gasteiger partial charge in [-0.05, 0) is 41.7 Å². The van der Waals surface area contributed by atoms with Gasteiger partial charge < -0.3 is 5.32 Å². The molecule has 0 spiro atoms. The van der Waals surface area contributed by atoms with Crippen LogP contribution in [0.3, 0.4) is 0 Å². The molecule has 0 aliphatic rings. The van der Waals surface area contributed by atoms with Crippen LogP contribution in [0.2, 0.25) is 0 Å². The summed E-state index contributed by atoms with van der Waals surface area (Å²) in [6.07, 6.45) is 9.36. The van der Waals surface area contributed by atoms with Crippen molar-refractivity contribution in [2.75, 3.05) is 5.32 Å². The second-order valence-corrected chi connectivity index (χ2v) is 5.58. The molecule has 2 rings (SSSR count). The molecular formula is C19H20N2O. The summed E-state index contributed by atoms with van der Waals surface area (Å²) in [4.78, 5) is 16.1. The third kappa shape index (κ3) is 3.95. The second kappa shape index (κ2) is 7.42. The zero-order valence-electron chi connectivity index (χ0n) is 12.9. The molecule has 1 unspecified atom stereocenters. The molecule has 0 radical (unpaired) electrons. The molecule has 1 aromatic heterocycles. The summed E-state index contributed by atoms with van der Waals surface area (Å²) in [6, 6.07) is 11.4. The number of carbonyl (C=O) groups is 1. The number of carbonyl (C=O) groups excluding carboxylic acids is 1. The molecule has 0 fully saturated rings. The predicted octanol–water partition coefficient (Wildman–Crippen LogP) is 4.10. The van der Waals surface area contributed by atoms with Crippen LogP contribution in [0.1, 0.15) is 42.1 Å². The number of pyridine rings is 1. The van der Waals surface area contributed by atoms with Gasteiger partial charge in [-0.3, -0.25) is 9.78 Å². The summed E-state index contributed by atoms with van der Waals surface area (Å²) >= 11 is 0. The van der Waals surface area contributed by atoms with Crippen molar-refractivity contribution in [2.45, 2.75) is 26.2 Å². The molecule has 0 saturated carbocycles. The van der Waals surface area contributed by atoms with Gasteiger partial charge >= 0.3 is 0 Å². The smallest absolute Gasteiger partial charge is 0.257 e. The molecule has 2 aromatic rings. The van der Waals surface area contributed by atoms with Crippen LogP contribution in [0.15, 0.2) is 48.8 Å².